The molecular weight excluding hydrogens is 272 g/mol. The fraction of sp³-hybridized carbons (Fsp3) is 0.500. The lowest BCUT2D eigenvalue weighted by atomic mass is 10.1. The third-order valence-electron chi connectivity index (χ3n) is 3.96. The quantitative estimate of drug-likeness (QED) is 0.747. The summed E-state index contributed by atoms with van der Waals surface area (Å²) in [6, 6.07) is 2.95. The maximum Gasteiger partial charge on any atom is 0.244 e. The Balaban J connectivity index is 1.72. The predicted molar refractivity (Wildman–Crippen MR) is 74.4 cm³/mol. The van der Waals surface area contributed by atoms with Gasteiger partial charge in [-0.3, -0.25) is 19.5 Å². The largest absolute Gasteiger partial charge is 0.506 e. The molecular formula is C14H18N4O3. The Morgan fingerprint density at radius 3 is 3.00 bits per heavy atom. The topological polar surface area (TPSA) is 85.8 Å². The number of carbonyl (C=O) groups excluding carboxylic acids is 2. The lowest BCUT2D eigenvalue weighted by molar-refractivity contribution is -0.149. The molecule has 0 unspecified atom stereocenters. The molecule has 2 saturated heterocycles. The van der Waals surface area contributed by atoms with Crippen LogP contribution in [0.2, 0.25) is 0 Å². The van der Waals surface area contributed by atoms with Gasteiger partial charge >= 0.3 is 0 Å². The van der Waals surface area contributed by atoms with Gasteiger partial charge in [0.1, 0.15) is 11.8 Å². The minimum atomic E-state index is -0.438. The number of piperazine rings is 2. The van der Waals surface area contributed by atoms with E-state index in [1.54, 1.807) is 17.0 Å². The first-order valence-corrected chi connectivity index (χ1v) is 6.99. The summed E-state index contributed by atoms with van der Waals surface area (Å²) < 4.78 is 0. The molecule has 7 nitrogen and oxygen atoms in total. The molecule has 1 atom stereocenters. The number of aryl methyl sites for hydroxylation is 1. The number of fused-ring (bicyclic) bond motifs is 1. The Labute approximate surface area is 122 Å². The van der Waals surface area contributed by atoms with Crippen molar-refractivity contribution in [3.8, 4) is 5.75 Å². The van der Waals surface area contributed by atoms with E-state index in [0.717, 1.165) is 5.69 Å². The zero-order valence-corrected chi connectivity index (χ0v) is 11.9. The maximum atomic E-state index is 11.9. The van der Waals surface area contributed by atoms with Crippen LogP contribution < -0.4 is 5.32 Å². The molecule has 2 fully saturated rings. The molecule has 1 aromatic rings. The summed E-state index contributed by atoms with van der Waals surface area (Å²) in [6.07, 6.45) is 0. The first-order chi connectivity index (χ1) is 10.0. The molecule has 0 radical (unpaired) electrons. The van der Waals surface area contributed by atoms with Crippen LogP contribution in [0.15, 0.2) is 12.1 Å². The van der Waals surface area contributed by atoms with Crippen LogP contribution in [-0.2, 0) is 16.1 Å². The average Bonchev–Trinajstić information content (AvgIpc) is 2.47. The van der Waals surface area contributed by atoms with Crippen LogP contribution in [0.5, 0.6) is 5.75 Å². The summed E-state index contributed by atoms with van der Waals surface area (Å²) in [5.74, 6) is 0.0173. The Morgan fingerprint density at radius 2 is 2.19 bits per heavy atom. The van der Waals surface area contributed by atoms with Crippen LogP contribution in [-0.4, -0.2) is 63.9 Å². The predicted octanol–water partition coefficient (Wildman–Crippen LogP) is -0.762. The van der Waals surface area contributed by atoms with E-state index in [4.69, 9.17) is 0 Å². The smallest absolute Gasteiger partial charge is 0.244 e. The molecule has 0 spiro atoms. The van der Waals surface area contributed by atoms with Crippen LogP contribution in [0, 0.1) is 6.92 Å². The molecule has 0 bridgehead atoms. The standard InChI is InChI=1S/C14H18N4O3/c1-9-2-3-12(19)10(16-9)7-17-4-5-18-11(8-17)14(21)15-6-13(18)20/h2-3,11,19H,4-8H2,1H3,(H,15,21)/t11-/m1/s1. The van der Waals surface area contributed by atoms with Crippen molar-refractivity contribution in [2.24, 2.45) is 0 Å². The van der Waals surface area contributed by atoms with Gasteiger partial charge in [-0.05, 0) is 19.1 Å². The lowest BCUT2D eigenvalue weighted by Crippen LogP contribution is -2.65. The van der Waals surface area contributed by atoms with Gasteiger partial charge < -0.3 is 15.3 Å². The highest BCUT2D eigenvalue weighted by molar-refractivity contribution is 5.95. The Morgan fingerprint density at radius 1 is 1.38 bits per heavy atom. The Kier molecular flexibility index (Phi) is 3.50. The van der Waals surface area contributed by atoms with E-state index >= 15 is 0 Å². The molecule has 112 valence electrons. The van der Waals surface area contributed by atoms with E-state index in [0.29, 0.717) is 31.9 Å². The highest BCUT2D eigenvalue weighted by Crippen LogP contribution is 2.20. The summed E-state index contributed by atoms with van der Waals surface area (Å²) >= 11 is 0. The van der Waals surface area contributed by atoms with Gasteiger partial charge in [0.25, 0.3) is 0 Å². The van der Waals surface area contributed by atoms with Gasteiger partial charge in [0, 0.05) is 31.9 Å². The first-order valence-electron chi connectivity index (χ1n) is 6.99. The van der Waals surface area contributed by atoms with Crippen molar-refractivity contribution >= 4 is 11.8 Å². The molecule has 3 heterocycles. The molecule has 2 aliphatic heterocycles. The molecule has 2 amide bonds. The first kappa shape index (κ1) is 13.8. The third kappa shape index (κ3) is 2.69. The zero-order valence-electron chi connectivity index (χ0n) is 11.9. The van der Waals surface area contributed by atoms with Crippen molar-refractivity contribution in [1.82, 2.24) is 20.1 Å². The monoisotopic (exact) mass is 290 g/mol. The number of carbonyl (C=O) groups is 2. The fourth-order valence-corrected chi connectivity index (χ4v) is 2.82. The molecule has 2 N–H and O–H groups in total. The van der Waals surface area contributed by atoms with Crippen molar-refractivity contribution in [1.29, 1.82) is 0 Å². The van der Waals surface area contributed by atoms with Crippen LogP contribution in [0.25, 0.3) is 0 Å². The second-order valence-electron chi connectivity index (χ2n) is 5.47. The summed E-state index contributed by atoms with van der Waals surface area (Å²) in [7, 11) is 0. The van der Waals surface area contributed by atoms with Crippen LogP contribution >= 0.6 is 0 Å². The normalized spacial score (nSPS) is 22.9. The van der Waals surface area contributed by atoms with Crippen molar-refractivity contribution in [3.63, 3.8) is 0 Å². The number of hydrogen-bond donors (Lipinski definition) is 2. The summed E-state index contributed by atoms with van der Waals surface area (Å²) in [6.45, 7) is 4.10. The number of aromatic hydroxyl groups is 1. The van der Waals surface area contributed by atoms with Crippen molar-refractivity contribution in [3.05, 3.63) is 23.5 Å². The average molecular weight is 290 g/mol. The van der Waals surface area contributed by atoms with Gasteiger partial charge in [0.15, 0.2) is 0 Å². The van der Waals surface area contributed by atoms with Crippen molar-refractivity contribution in [2.45, 2.75) is 19.5 Å². The van der Waals surface area contributed by atoms with Crippen molar-refractivity contribution in [2.75, 3.05) is 26.2 Å². The maximum absolute atomic E-state index is 11.9. The third-order valence-corrected chi connectivity index (χ3v) is 3.96. The van der Waals surface area contributed by atoms with Crippen LogP contribution in [0.1, 0.15) is 11.4 Å². The number of aromatic nitrogens is 1. The van der Waals surface area contributed by atoms with Gasteiger partial charge in [-0.25, -0.2) is 0 Å². The van der Waals surface area contributed by atoms with E-state index in [2.05, 4.69) is 10.3 Å². The lowest BCUT2D eigenvalue weighted by Gasteiger charge is -2.42. The molecule has 3 rings (SSSR count). The van der Waals surface area contributed by atoms with Gasteiger partial charge in [-0.15, -0.1) is 0 Å². The molecule has 21 heavy (non-hydrogen) atoms. The summed E-state index contributed by atoms with van der Waals surface area (Å²) in [4.78, 5) is 31.7. The minimum Gasteiger partial charge on any atom is -0.506 e. The molecule has 1 aromatic heterocycles. The van der Waals surface area contributed by atoms with Gasteiger partial charge in [0.05, 0.1) is 12.2 Å². The Hall–Kier alpha value is -2.15. The van der Waals surface area contributed by atoms with E-state index < -0.39 is 6.04 Å². The van der Waals surface area contributed by atoms with E-state index in [-0.39, 0.29) is 24.1 Å². The number of hydrogen-bond acceptors (Lipinski definition) is 5. The Bertz CT molecular complexity index is 590. The zero-order chi connectivity index (χ0) is 15.0. The summed E-state index contributed by atoms with van der Waals surface area (Å²) in [5.41, 5.74) is 1.44. The van der Waals surface area contributed by atoms with E-state index in [9.17, 15) is 14.7 Å². The van der Waals surface area contributed by atoms with E-state index in [1.165, 1.54) is 0 Å². The number of rotatable bonds is 2. The van der Waals surface area contributed by atoms with Gasteiger partial charge in [-0.1, -0.05) is 0 Å². The molecule has 0 aromatic carbocycles. The number of nitrogens with zero attached hydrogens (tertiary/aromatic N) is 3. The van der Waals surface area contributed by atoms with Gasteiger partial charge in [-0.2, -0.15) is 0 Å². The summed E-state index contributed by atoms with van der Waals surface area (Å²) in [5, 5.41) is 12.5. The second-order valence-corrected chi connectivity index (χ2v) is 5.47. The van der Waals surface area contributed by atoms with E-state index in [1.807, 2.05) is 11.8 Å². The van der Waals surface area contributed by atoms with Crippen molar-refractivity contribution < 1.29 is 14.7 Å². The van der Waals surface area contributed by atoms with Crippen LogP contribution in [0.4, 0.5) is 0 Å². The number of pyridine rings is 1. The highest BCUT2D eigenvalue weighted by Gasteiger charge is 2.38. The minimum absolute atomic E-state index is 0.0317. The SMILES string of the molecule is Cc1ccc(O)c(CN2CCN3C(=O)CNC(=O)[C@H]3C2)n1. The molecule has 2 aliphatic rings. The van der Waals surface area contributed by atoms with Gasteiger partial charge in [0.2, 0.25) is 11.8 Å². The molecule has 7 heteroatoms. The molecule has 0 aliphatic carbocycles. The highest BCUT2D eigenvalue weighted by atomic mass is 16.3. The van der Waals surface area contributed by atoms with Crippen LogP contribution in [0.3, 0.4) is 0 Å². The number of amides is 2. The number of nitrogens with one attached hydrogen (secondary N) is 1. The molecule has 0 saturated carbocycles. The second kappa shape index (κ2) is 5.33. The fourth-order valence-electron chi connectivity index (χ4n) is 2.82.